The summed E-state index contributed by atoms with van der Waals surface area (Å²) in [6.45, 7) is 10.7. The fraction of sp³-hybridized carbons (Fsp3) is 0.833. The Morgan fingerprint density at radius 2 is 1.50 bits per heavy atom. The molecule has 0 bridgehead atoms. The quantitative estimate of drug-likeness (QED) is 0.470. The van der Waals surface area contributed by atoms with Gasteiger partial charge in [-0.15, -0.1) is 0 Å². The molecule has 0 aliphatic heterocycles. The van der Waals surface area contributed by atoms with Gasteiger partial charge < -0.3 is 17.1 Å². The number of rotatable bonds is 9. The van der Waals surface area contributed by atoms with Crippen molar-refractivity contribution in [3.05, 3.63) is 0 Å². The lowest BCUT2D eigenvalue weighted by atomic mass is 10.3. The van der Waals surface area contributed by atoms with Crippen LogP contribution in [-0.4, -0.2) is 50.2 Å². The van der Waals surface area contributed by atoms with Crippen molar-refractivity contribution in [1.29, 1.82) is 0 Å². The third-order valence-corrected chi connectivity index (χ3v) is 4.34. The maximum absolute atomic E-state index is 12.2. The van der Waals surface area contributed by atoms with Gasteiger partial charge in [0, 0.05) is 18.8 Å². The van der Waals surface area contributed by atoms with Crippen molar-refractivity contribution in [1.82, 2.24) is 0 Å². The predicted octanol–water partition coefficient (Wildman–Crippen LogP) is 1.43. The van der Waals surface area contributed by atoms with Gasteiger partial charge in [0.05, 0.1) is 0 Å². The zero-order chi connectivity index (χ0) is 14.3. The molecule has 0 saturated heterocycles. The van der Waals surface area contributed by atoms with Crippen LogP contribution in [0, 0.1) is 0 Å². The molecule has 0 heterocycles. The first kappa shape index (κ1) is 17.8. The van der Waals surface area contributed by atoms with Crippen molar-refractivity contribution in [3.8, 4) is 0 Å². The summed E-state index contributed by atoms with van der Waals surface area (Å²) < 4.78 is 15.9. The summed E-state index contributed by atoms with van der Waals surface area (Å²) in [7, 11) is 0. The first-order valence-electron chi connectivity index (χ1n) is 6.26. The van der Waals surface area contributed by atoms with Gasteiger partial charge in [0.1, 0.15) is 0 Å². The smallest absolute Gasteiger partial charge is 0.471 e. The second-order valence-corrected chi connectivity index (χ2v) is 6.33. The van der Waals surface area contributed by atoms with Crippen molar-refractivity contribution in [2.75, 3.05) is 6.61 Å². The van der Waals surface area contributed by atoms with Crippen LogP contribution in [0.25, 0.3) is 0 Å². The standard InChI is InChI=1S/C6H9O3.2C3H7O.Al/c1-3-9-6(4-7)5(2)8;2*1-3(2)4;/h6H,3H2,1-2H3;2*3H,1-2H3;/q;2*-1;+2. The van der Waals surface area contributed by atoms with Crippen LogP contribution in [0.4, 0.5) is 0 Å². The van der Waals surface area contributed by atoms with Crippen molar-refractivity contribution in [2.45, 2.75) is 59.9 Å². The summed E-state index contributed by atoms with van der Waals surface area (Å²) in [6.07, 6.45) is -1.28. The second kappa shape index (κ2) is 8.79. The highest BCUT2D eigenvalue weighted by Crippen LogP contribution is 2.07. The van der Waals surface area contributed by atoms with E-state index in [-0.39, 0.29) is 22.6 Å². The number of carbonyl (C=O) groups is 2. The molecule has 0 aromatic heterocycles. The summed E-state index contributed by atoms with van der Waals surface area (Å²) >= 11 is -2.57. The normalized spacial score (nSPS) is 12.9. The number of ketones is 1. The SMILES string of the molecule is CCOC(C(C)=O)[C](=O)[Al]([O]C(C)C)[O]C(C)C. The topological polar surface area (TPSA) is 61.8 Å². The van der Waals surface area contributed by atoms with E-state index in [0.29, 0.717) is 6.61 Å². The predicted molar refractivity (Wildman–Crippen MR) is 69.3 cm³/mol. The Hall–Kier alpha value is -0.248. The van der Waals surface area contributed by atoms with Crippen molar-refractivity contribution in [3.63, 3.8) is 0 Å². The molecule has 104 valence electrons. The largest absolute Gasteiger partial charge is 0.762 e. The molecular formula is C12H23AlO5. The lowest BCUT2D eigenvalue weighted by molar-refractivity contribution is -0.138. The third kappa shape index (κ3) is 6.62. The highest BCUT2D eigenvalue weighted by molar-refractivity contribution is 6.82. The third-order valence-electron chi connectivity index (χ3n) is 1.98. The Balaban J connectivity index is 4.83. The molecule has 0 saturated carbocycles. The molecule has 1 unspecified atom stereocenters. The minimum atomic E-state index is -2.57. The molecule has 0 rings (SSSR count). The molecule has 0 aliphatic carbocycles. The molecule has 0 aliphatic rings. The molecule has 1 atom stereocenters. The first-order chi connectivity index (χ1) is 8.29. The van der Waals surface area contributed by atoms with Gasteiger partial charge in [-0.2, -0.15) is 0 Å². The van der Waals surface area contributed by atoms with E-state index in [9.17, 15) is 9.59 Å². The molecule has 5 nitrogen and oxygen atoms in total. The molecule has 0 aromatic carbocycles. The van der Waals surface area contributed by atoms with Gasteiger partial charge in [0.25, 0.3) is 0 Å². The van der Waals surface area contributed by atoms with Gasteiger partial charge in [0.2, 0.25) is 0 Å². The van der Waals surface area contributed by atoms with Gasteiger partial charge in [-0.25, -0.2) is 0 Å². The first-order valence-corrected chi connectivity index (χ1v) is 7.78. The molecule has 0 spiro atoms. The molecule has 0 N–H and O–H groups in total. The van der Waals surface area contributed by atoms with Crippen LogP contribution >= 0.6 is 0 Å². The van der Waals surface area contributed by atoms with Crippen LogP contribution in [0.5, 0.6) is 0 Å². The maximum Gasteiger partial charge on any atom is 0.762 e. The minimum absolute atomic E-state index is 0.112. The van der Waals surface area contributed by atoms with Crippen LogP contribution in [0.3, 0.4) is 0 Å². The van der Waals surface area contributed by atoms with E-state index in [4.69, 9.17) is 12.3 Å². The van der Waals surface area contributed by atoms with E-state index in [1.165, 1.54) is 6.92 Å². The summed E-state index contributed by atoms with van der Waals surface area (Å²) in [6, 6.07) is 0. The van der Waals surface area contributed by atoms with Crippen LogP contribution in [0.15, 0.2) is 0 Å². The second-order valence-electron chi connectivity index (χ2n) is 4.55. The average Bonchev–Trinajstić information content (AvgIpc) is 2.22. The minimum Gasteiger partial charge on any atom is -0.471 e. The number of hydrogen-bond donors (Lipinski definition) is 0. The maximum atomic E-state index is 12.2. The Morgan fingerprint density at radius 3 is 1.78 bits per heavy atom. The molecule has 0 amide bonds. The highest BCUT2D eigenvalue weighted by Gasteiger charge is 2.44. The van der Waals surface area contributed by atoms with E-state index in [0.717, 1.165) is 0 Å². The molecule has 18 heavy (non-hydrogen) atoms. The van der Waals surface area contributed by atoms with E-state index < -0.39 is 20.9 Å². The van der Waals surface area contributed by atoms with Gasteiger partial charge in [0.15, 0.2) is 16.5 Å². The van der Waals surface area contributed by atoms with Crippen LogP contribution < -0.4 is 0 Å². The Labute approximate surface area is 114 Å². The molecule has 0 radical (unpaired) electrons. The van der Waals surface area contributed by atoms with Crippen molar-refractivity contribution in [2.24, 2.45) is 0 Å². The van der Waals surface area contributed by atoms with Gasteiger partial charge >= 0.3 is 14.8 Å². The van der Waals surface area contributed by atoms with Gasteiger partial charge in [-0.3, -0.25) is 4.79 Å². The number of ether oxygens (including phenoxy) is 1. The number of hydrogen-bond acceptors (Lipinski definition) is 5. The van der Waals surface area contributed by atoms with E-state index >= 15 is 0 Å². The lowest BCUT2D eigenvalue weighted by Crippen LogP contribution is -2.47. The zero-order valence-corrected chi connectivity index (χ0v) is 13.2. The van der Waals surface area contributed by atoms with E-state index in [1.807, 2.05) is 27.7 Å². The molecule has 6 heteroatoms. The fourth-order valence-electron chi connectivity index (χ4n) is 1.35. The number of carbonyl (C=O) groups excluding carboxylic acids is 2. The molecule has 0 aromatic rings. The van der Waals surface area contributed by atoms with E-state index in [1.54, 1.807) is 6.92 Å². The summed E-state index contributed by atoms with van der Waals surface area (Å²) in [5.41, 5.74) is 0. The van der Waals surface area contributed by atoms with Crippen LogP contribution in [0.1, 0.15) is 41.5 Å². The Bertz CT molecular complexity index is 268. The fourth-order valence-corrected chi connectivity index (χ4v) is 3.25. The van der Waals surface area contributed by atoms with Gasteiger partial charge in [-0.05, 0) is 41.5 Å². The van der Waals surface area contributed by atoms with Crippen molar-refractivity contribution < 1.29 is 21.9 Å². The molecule has 0 fully saturated rings. The van der Waals surface area contributed by atoms with Gasteiger partial charge in [-0.1, -0.05) is 0 Å². The van der Waals surface area contributed by atoms with E-state index in [2.05, 4.69) is 0 Å². The summed E-state index contributed by atoms with van der Waals surface area (Å²) in [5, 5.41) is 0. The monoisotopic (exact) mass is 274 g/mol. The van der Waals surface area contributed by atoms with Crippen LogP contribution in [0.2, 0.25) is 0 Å². The molecular weight excluding hydrogens is 251 g/mol. The number of Topliss-reactive ketones (excluding diaryl/α,β-unsaturated/α-hetero) is 1. The van der Waals surface area contributed by atoms with Crippen molar-refractivity contribution >= 4 is 25.2 Å². The summed E-state index contributed by atoms with van der Waals surface area (Å²) in [5.74, 6) is -0.306. The van der Waals surface area contributed by atoms with Crippen LogP contribution in [-0.2, 0) is 21.9 Å². The zero-order valence-electron chi connectivity index (χ0n) is 12.1. The lowest BCUT2D eigenvalue weighted by Gasteiger charge is -2.21. The summed E-state index contributed by atoms with van der Waals surface area (Å²) in [4.78, 5) is 23.6. The highest BCUT2D eigenvalue weighted by atomic mass is 27.2. The Kier molecular flexibility index (Phi) is 8.66. The average molecular weight is 274 g/mol. The Morgan fingerprint density at radius 1 is 1.06 bits per heavy atom.